The maximum atomic E-state index is 13.0. The molecule has 2 N–H and O–H groups in total. The third-order valence-corrected chi connectivity index (χ3v) is 4.48. The third kappa shape index (κ3) is 3.26. The highest BCUT2D eigenvalue weighted by Crippen LogP contribution is 2.32. The highest BCUT2D eigenvalue weighted by Gasteiger charge is 2.31. The van der Waals surface area contributed by atoms with Crippen LogP contribution in [0.25, 0.3) is 0 Å². The lowest BCUT2D eigenvalue weighted by Crippen LogP contribution is -2.50. The lowest BCUT2D eigenvalue weighted by atomic mass is 9.94. The number of hydrogen-bond acceptors (Lipinski definition) is 3. The smallest absolute Gasteiger partial charge is 0.227 e. The summed E-state index contributed by atoms with van der Waals surface area (Å²) < 4.78 is 18.8. The van der Waals surface area contributed by atoms with Crippen molar-refractivity contribution in [1.29, 1.82) is 0 Å². The number of carbonyl (C=O) groups is 1. The molecule has 2 aromatic rings. The molecule has 0 radical (unpaired) electrons. The Labute approximate surface area is 141 Å². The fourth-order valence-corrected chi connectivity index (χ4v) is 3.05. The lowest BCUT2D eigenvalue weighted by Gasteiger charge is -2.34. The van der Waals surface area contributed by atoms with Gasteiger partial charge >= 0.3 is 0 Å². The van der Waals surface area contributed by atoms with Crippen LogP contribution < -0.4 is 15.4 Å². The molecule has 2 aromatic carbocycles. The van der Waals surface area contributed by atoms with Crippen LogP contribution >= 0.6 is 0 Å². The van der Waals surface area contributed by atoms with Gasteiger partial charge in [-0.1, -0.05) is 30.3 Å². The van der Waals surface area contributed by atoms with E-state index >= 15 is 0 Å². The number of ether oxygens (including phenoxy) is 1. The fourth-order valence-electron chi connectivity index (χ4n) is 3.05. The first kappa shape index (κ1) is 16.5. The molecule has 0 saturated carbocycles. The lowest BCUT2D eigenvalue weighted by molar-refractivity contribution is -0.123. The Morgan fingerprint density at radius 1 is 1.21 bits per heavy atom. The minimum absolute atomic E-state index is 0.0145. The Kier molecular flexibility index (Phi) is 4.81. The molecule has 3 rings (SSSR count). The number of hydrogen-bond donors (Lipinski definition) is 2. The van der Waals surface area contributed by atoms with Crippen LogP contribution in [0.3, 0.4) is 0 Å². The van der Waals surface area contributed by atoms with Crippen molar-refractivity contribution >= 4 is 5.91 Å². The number of rotatable bonds is 4. The first-order valence-electron chi connectivity index (χ1n) is 8.05. The molecule has 0 saturated heterocycles. The van der Waals surface area contributed by atoms with Crippen molar-refractivity contribution in [3.8, 4) is 5.75 Å². The molecule has 126 valence electrons. The largest absolute Gasteiger partial charge is 0.491 e. The zero-order valence-corrected chi connectivity index (χ0v) is 13.8. The molecule has 0 bridgehead atoms. The van der Waals surface area contributed by atoms with Crippen LogP contribution in [-0.4, -0.2) is 25.6 Å². The summed E-state index contributed by atoms with van der Waals surface area (Å²) in [5, 5.41) is 6.31. The van der Waals surface area contributed by atoms with E-state index in [9.17, 15) is 9.18 Å². The number of likely N-dealkylation sites (N-methyl/N-ethyl adjacent to an activating group) is 1. The summed E-state index contributed by atoms with van der Waals surface area (Å²) >= 11 is 0. The van der Waals surface area contributed by atoms with Crippen LogP contribution in [-0.2, 0) is 4.79 Å². The zero-order chi connectivity index (χ0) is 17.1. The number of para-hydroxylation sites is 1. The van der Waals surface area contributed by atoms with E-state index in [1.807, 2.05) is 38.2 Å². The van der Waals surface area contributed by atoms with Crippen molar-refractivity contribution in [3.63, 3.8) is 0 Å². The normalized spacial score (nSPS) is 20.6. The quantitative estimate of drug-likeness (QED) is 0.907. The molecule has 0 aromatic heterocycles. The van der Waals surface area contributed by atoms with Crippen molar-refractivity contribution in [2.75, 3.05) is 13.7 Å². The summed E-state index contributed by atoms with van der Waals surface area (Å²) in [6.45, 7) is 2.22. The van der Waals surface area contributed by atoms with Crippen molar-refractivity contribution < 1.29 is 13.9 Å². The molecule has 4 nitrogen and oxygen atoms in total. The number of halogens is 1. The van der Waals surface area contributed by atoms with E-state index in [1.54, 1.807) is 12.1 Å². The Morgan fingerprint density at radius 3 is 2.62 bits per heavy atom. The standard InChI is InChI=1S/C19H21FN2O2/c1-12(13-7-9-14(20)10-8-13)19(23)22-16-11-24-17-6-4-3-5-15(17)18(16)21-2/h3-10,12,16,18,21H,11H2,1-2H3,(H,22,23)/t12-,16-,18-/m0/s1. The van der Waals surface area contributed by atoms with Crippen LogP contribution in [0.15, 0.2) is 48.5 Å². The molecule has 1 aliphatic rings. The molecular formula is C19H21FN2O2. The molecular weight excluding hydrogens is 307 g/mol. The summed E-state index contributed by atoms with van der Waals surface area (Å²) in [5.74, 6) is 0.0722. The number of nitrogens with one attached hydrogen (secondary N) is 2. The van der Waals surface area contributed by atoms with Crippen molar-refractivity contribution in [3.05, 3.63) is 65.5 Å². The molecule has 3 atom stereocenters. The van der Waals surface area contributed by atoms with E-state index < -0.39 is 0 Å². The van der Waals surface area contributed by atoms with Gasteiger partial charge in [-0.05, 0) is 37.7 Å². The number of amides is 1. The van der Waals surface area contributed by atoms with E-state index in [2.05, 4.69) is 10.6 Å². The summed E-state index contributed by atoms with van der Waals surface area (Å²) in [6.07, 6.45) is 0. The van der Waals surface area contributed by atoms with Crippen LogP contribution in [0.4, 0.5) is 4.39 Å². The van der Waals surface area contributed by atoms with Gasteiger partial charge in [-0.25, -0.2) is 4.39 Å². The number of fused-ring (bicyclic) bond motifs is 1. The average Bonchev–Trinajstić information content (AvgIpc) is 2.61. The Balaban J connectivity index is 1.73. The first-order chi connectivity index (χ1) is 11.6. The van der Waals surface area contributed by atoms with E-state index in [0.29, 0.717) is 6.61 Å². The maximum Gasteiger partial charge on any atom is 0.227 e. The van der Waals surface area contributed by atoms with Gasteiger partial charge in [-0.2, -0.15) is 0 Å². The Bertz CT molecular complexity index is 718. The predicted molar refractivity (Wildman–Crippen MR) is 90.5 cm³/mol. The van der Waals surface area contributed by atoms with Gasteiger partial charge in [0.05, 0.1) is 18.0 Å². The second-order valence-corrected chi connectivity index (χ2v) is 6.00. The second kappa shape index (κ2) is 7.01. The second-order valence-electron chi connectivity index (χ2n) is 6.00. The topological polar surface area (TPSA) is 50.4 Å². The van der Waals surface area contributed by atoms with Gasteiger partial charge in [-0.15, -0.1) is 0 Å². The van der Waals surface area contributed by atoms with E-state index in [0.717, 1.165) is 16.9 Å². The summed E-state index contributed by atoms with van der Waals surface area (Å²) in [6, 6.07) is 13.7. The molecule has 1 heterocycles. The molecule has 24 heavy (non-hydrogen) atoms. The molecule has 0 unspecified atom stereocenters. The van der Waals surface area contributed by atoms with Crippen molar-refractivity contribution in [1.82, 2.24) is 10.6 Å². The van der Waals surface area contributed by atoms with Gasteiger partial charge in [0, 0.05) is 5.56 Å². The van der Waals surface area contributed by atoms with Crippen LogP contribution in [0, 0.1) is 5.82 Å². The van der Waals surface area contributed by atoms with Gasteiger partial charge < -0.3 is 15.4 Å². The highest BCUT2D eigenvalue weighted by atomic mass is 19.1. The maximum absolute atomic E-state index is 13.0. The predicted octanol–water partition coefficient (Wildman–Crippen LogP) is 2.77. The molecule has 0 spiro atoms. The van der Waals surface area contributed by atoms with E-state index in [4.69, 9.17) is 4.74 Å². The minimum atomic E-state index is -0.361. The van der Waals surface area contributed by atoms with Crippen LogP contribution in [0.2, 0.25) is 0 Å². The van der Waals surface area contributed by atoms with Crippen molar-refractivity contribution in [2.24, 2.45) is 0 Å². The average molecular weight is 328 g/mol. The highest BCUT2D eigenvalue weighted by molar-refractivity contribution is 5.83. The van der Waals surface area contributed by atoms with Gasteiger partial charge in [0.15, 0.2) is 0 Å². The van der Waals surface area contributed by atoms with Gasteiger partial charge in [-0.3, -0.25) is 4.79 Å². The third-order valence-electron chi connectivity index (χ3n) is 4.48. The SMILES string of the molecule is CN[C@H]1c2ccccc2OC[C@@H]1NC(=O)[C@@H](C)c1ccc(F)cc1. The van der Waals surface area contributed by atoms with Crippen LogP contribution in [0.5, 0.6) is 5.75 Å². The molecule has 1 amide bonds. The Morgan fingerprint density at radius 2 is 1.92 bits per heavy atom. The van der Waals surface area contributed by atoms with Gasteiger partial charge in [0.25, 0.3) is 0 Å². The molecule has 1 aliphatic heterocycles. The Hall–Kier alpha value is -2.40. The van der Waals surface area contributed by atoms with Gasteiger partial charge in [0.1, 0.15) is 18.2 Å². The monoisotopic (exact) mass is 328 g/mol. The van der Waals surface area contributed by atoms with E-state index in [-0.39, 0.29) is 29.7 Å². The minimum Gasteiger partial charge on any atom is -0.491 e. The fraction of sp³-hybridized carbons (Fsp3) is 0.316. The molecule has 5 heteroatoms. The summed E-state index contributed by atoms with van der Waals surface area (Å²) in [7, 11) is 1.87. The molecule has 0 aliphatic carbocycles. The first-order valence-corrected chi connectivity index (χ1v) is 8.05. The summed E-state index contributed by atoms with van der Waals surface area (Å²) in [5.41, 5.74) is 1.82. The van der Waals surface area contributed by atoms with Crippen LogP contribution in [0.1, 0.15) is 30.0 Å². The van der Waals surface area contributed by atoms with E-state index in [1.165, 1.54) is 12.1 Å². The number of carbonyl (C=O) groups excluding carboxylic acids is 1. The zero-order valence-electron chi connectivity index (χ0n) is 13.8. The van der Waals surface area contributed by atoms with Gasteiger partial charge in [0.2, 0.25) is 5.91 Å². The molecule has 0 fully saturated rings. The van der Waals surface area contributed by atoms with Crippen molar-refractivity contribution in [2.45, 2.75) is 24.9 Å². The number of benzene rings is 2. The summed E-state index contributed by atoms with van der Waals surface area (Å²) in [4.78, 5) is 12.6.